The Hall–Kier alpha value is -3.80. The summed E-state index contributed by atoms with van der Waals surface area (Å²) in [7, 11) is 1.61. The number of esters is 1. The van der Waals surface area contributed by atoms with Gasteiger partial charge < -0.3 is 34.1 Å². The van der Waals surface area contributed by atoms with E-state index in [0.29, 0.717) is 41.6 Å². The van der Waals surface area contributed by atoms with E-state index < -0.39 is 17.9 Å². The van der Waals surface area contributed by atoms with Gasteiger partial charge in [-0.2, -0.15) is 0 Å². The van der Waals surface area contributed by atoms with Crippen molar-refractivity contribution < 1.29 is 28.7 Å². The molecule has 1 aliphatic heterocycles. The van der Waals surface area contributed by atoms with Crippen molar-refractivity contribution in [3.05, 3.63) is 63.8 Å². The first kappa shape index (κ1) is 40.0. The number of aromatic nitrogens is 1. The summed E-state index contributed by atoms with van der Waals surface area (Å²) in [6.45, 7) is 9.30. The van der Waals surface area contributed by atoms with E-state index in [9.17, 15) is 19.2 Å². The predicted octanol–water partition coefficient (Wildman–Crippen LogP) is 5.60. The summed E-state index contributed by atoms with van der Waals surface area (Å²) < 4.78 is 10.6. The molecule has 0 bridgehead atoms. The minimum atomic E-state index is -1.01. The van der Waals surface area contributed by atoms with Gasteiger partial charge in [0, 0.05) is 46.8 Å². The fourth-order valence-corrected chi connectivity index (χ4v) is 7.13. The summed E-state index contributed by atoms with van der Waals surface area (Å²) in [6, 6.07) is 9.91. The average Bonchev–Trinajstić information content (AvgIpc) is 3.51. The van der Waals surface area contributed by atoms with Crippen LogP contribution < -0.4 is 4.74 Å². The van der Waals surface area contributed by atoms with Crippen LogP contribution in [0, 0.1) is 0 Å². The van der Waals surface area contributed by atoms with Crippen LogP contribution in [-0.2, 0) is 36.8 Å². The third-order valence-corrected chi connectivity index (χ3v) is 9.80. The third kappa shape index (κ3) is 11.1. The molecule has 0 aliphatic carbocycles. The number of carbonyl (C=O) groups is 4. The zero-order chi connectivity index (χ0) is 36.9. The van der Waals surface area contributed by atoms with Crippen LogP contribution in [0.5, 0.6) is 5.75 Å². The van der Waals surface area contributed by atoms with Gasteiger partial charge in [0.1, 0.15) is 18.3 Å². The van der Waals surface area contributed by atoms with Crippen LogP contribution in [0.2, 0.25) is 10.0 Å². The molecule has 278 valence electrons. The molecule has 1 atom stereocenters. The molecule has 1 N–H and O–H groups in total. The molecule has 3 aromatic rings. The smallest absolute Gasteiger partial charge is 0.325 e. The number of halogens is 2. The fourth-order valence-electron chi connectivity index (χ4n) is 6.63. The van der Waals surface area contributed by atoms with Gasteiger partial charge in [-0.15, -0.1) is 0 Å². The molecule has 0 radical (unpaired) electrons. The van der Waals surface area contributed by atoms with Crippen molar-refractivity contribution in [2.45, 2.75) is 65.3 Å². The molecule has 1 aromatic heterocycles. The number of H-pyrrole nitrogens is 1. The zero-order valence-corrected chi connectivity index (χ0v) is 31.7. The van der Waals surface area contributed by atoms with E-state index >= 15 is 0 Å². The standard InChI is InChI=1S/C38H51Cl2N5O6/c1-5-15-42(16-6-2)17-8-18-45-34(38(49)44(25-36(45)47)20-13-27-9-10-29(39)21-32(27)40)23-35(46)43(26-37(48)51-7-3)19-14-28-24-41-33-12-11-30(50-4)22-31(28)33/h9-12,21-22,24,34,41H,5-8,13-20,23,25-26H2,1-4H3. The SMILES string of the molecule is CCCN(CCC)CCCN1C(=O)CN(CCc2ccc(Cl)cc2Cl)C(=O)C1CC(=O)N(CCc1c[nH]c2ccc(OC)cc12)CC(=O)OCC. The topological polar surface area (TPSA) is 115 Å². The van der Waals surface area contributed by atoms with Gasteiger partial charge in [0.15, 0.2) is 0 Å². The zero-order valence-electron chi connectivity index (χ0n) is 30.2. The van der Waals surface area contributed by atoms with Crippen LogP contribution in [0.25, 0.3) is 10.9 Å². The number of nitrogens with zero attached hydrogens (tertiary/aromatic N) is 4. The molecule has 2 heterocycles. The lowest BCUT2D eigenvalue weighted by Crippen LogP contribution is -2.61. The third-order valence-electron chi connectivity index (χ3n) is 9.21. The number of hydrogen-bond donors (Lipinski definition) is 1. The number of amides is 3. The second-order valence-corrected chi connectivity index (χ2v) is 13.7. The minimum Gasteiger partial charge on any atom is -0.497 e. The Balaban J connectivity index is 1.55. The van der Waals surface area contributed by atoms with Gasteiger partial charge in [-0.05, 0) is 100 Å². The normalized spacial score (nSPS) is 14.8. The molecule has 51 heavy (non-hydrogen) atoms. The summed E-state index contributed by atoms with van der Waals surface area (Å²) in [6.07, 6.45) is 5.20. The molecule has 1 unspecified atom stereocenters. The first-order chi connectivity index (χ1) is 24.6. The quantitative estimate of drug-likeness (QED) is 0.150. The lowest BCUT2D eigenvalue weighted by Gasteiger charge is -2.41. The van der Waals surface area contributed by atoms with Gasteiger partial charge in [0.25, 0.3) is 0 Å². The van der Waals surface area contributed by atoms with Gasteiger partial charge in [0.2, 0.25) is 17.7 Å². The first-order valence-corrected chi connectivity index (χ1v) is 18.7. The van der Waals surface area contributed by atoms with Crippen LogP contribution in [0.3, 0.4) is 0 Å². The molecule has 1 aliphatic rings. The van der Waals surface area contributed by atoms with Gasteiger partial charge in [0.05, 0.1) is 26.7 Å². The van der Waals surface area contributed by atoms with E-state index in [-0.39, 0.29) is 51.0 Å². The second kappa shape index (κ2) is 19.7. The highest BCUT2D eigenvalue weighted by Crippen LogP contribution is 2.26. The number of benzene rings is 2. The molecular formula is C38H51Cl2N5O6. The van der Waals surface area contributed by atoms with Gasteiger partial charge in [-0.3, -0.25) is 19.2 Å². The van der Waals surface area contributed by atoms with Crippen molar-refractivity contribution >= 4 is 57.8 Å². The lowest BCUT2D eigenvalue weighted by molar-refractivity contribution is -0.159. The molecular weight excluding hydrogens is 693 g/mol. The van der Waals surface area contributed by atoms with E-state index in [4.69, 9.17) is 32.7 Å². The van der Waals surface area contributed by atoms with Crippen molar-refractivity contribution in [1.29, 1.82) is 0 Å². The molecule has 3 amide bonds. The lowest BCUT2D eigenvalue weighted by atomic mass is 10.0. The summed E-state index contributed by atoms with van der Waals surface area (Å²) in [5.41, 5.74) is 2.68. The number of carbonyl (C=O) groups excluding carboxylic acids is 4. The number of piperazine rings is 1. The number of hydrogen-bond acceptors (Lipinski definition) is 7. The van der Waals surface area contributed by atoms with E-state index in [1.807, 2.05) is 30.5 Å². The number of methoxy groups -OCH3 is 1. The monoisotopic (exact) mass is 743 g/mol. The summed E-state index contributed by atoms with van der Waals surface area (Å²) >= 11 is 12.5. The highest BCUT2D eigenvalue weighted by Gasteiger charge is 2.41. The van der Waals surface area contributed by atoms with Gasteiger partial charge in [-0.1, -0.05) is 43.1 Å². The number of nitrogens with one attached hydrogen (secondary N) is 1. The number of ether oxygens (including phenoxy) is 2. The largest absolute Gasteiger partial charge is 0.497 e. The summed E-state index contributed by atoms with van der Waals surface area (Å²) in [4.78, 5) is 64.9. The van der Waals surface area contributed by atoms with Crippen molar-refractivity contribution in [2.24, 2.45) is 0 Å². The molecule has 1 saturated heterocycles. The number of fused-ring (bicyclic) bond motifs is 1. The Bertz CT molecular complexity index is 1640. The predicted molar refractivity (Wildman–Crippen MR) is 200 cm³/mol. The molecule has 1 fully saturated rings. The maximum Gasteiger partial charge on any atom is 0.325 e. The van der Waals surface area contributed by atoms with Gasteiger partial charge >= 0.3 is 5.97 Å². The van der Waals surface area contributed by atoms with E-state index in [1.54, 1.807) is 31.1 Å². The average molecular weight is 745 g/mol. The van der Waals surface area contributed by atoms with Crippen LogP contribution in [0.15, 0.2) is 42.6 Å². The van der Waals surface area contributed by atoms with Crippen LogP contribution in [-0.4, -0.2) is 120 Å². The second-order valence-electron chi connectivity index (χ2n) is 12.8. The van der Waals surface area contributed by atoms with Crippen molar-refractivity contribution in [3.63, 3.8) is 0 Å². The highest BCUT2D eigenvalue weighted by atomic mass is 35.5. The molecule has 4 rings (SSSR count). The summed E-state index contributed by atoms with van der Waals surface area (Å²) in [5.74, 6) is -0.747. The maximum absolute atomic E-state index is 14.2. The molecule has 0 saturated carbocycles. The Kier molecular flexibility index (Phi) is 15.5. The molecule has 11 nitrogen and oxygen atoms in total. The van der Waals surface area contributed by atoms with Crippen LogP contribution >= 0.6 is 23.2 Å². The molecule has 0 spiro atoms. The van der Waals surface area contributed by atoms with Crippen LogP contribution in [0.4, 0.5) is 0 Å². The van der Waals surface area contributed by atoms with Crippen LogP contribution in [0.1, 0.15) is 57.6 Å². The van der Waals surface area contributed by atoms with Crippen molar-refractivity contribution in [3.8, 4) is 5.75 Å². The van der Waals surface area contributed by atoms with Gasteiger partial charge in [-0.25, -0.2) is 0 Å². The Morgan fingerprint density at radius 3 is 2.39 bits per heavy atom. The minimum absolute atomic E-state index is 0.0844. The first-order valence-electron chi connectivity index (χ1n) is 17.9. The summed E-state index contributed by atoms with van der Waals surface area (Å²) in [5, 5.41) is 1.95. The Labute approximate surface area is 311 Å². The maximum atomic E-state index is 14.2. The van der Waals surface area contributed by atoms with Crippen molar-refractivity contribution in [1.82, 2.24) is 24.6 Å². The Morgan fingerprint density at radius 2 is 1.71 bits per heavy atom. The van der Waals surface area contributed by atoms with E-state index in [0.717, 1.165) is 54.5 Å². The highest BCUT2D eigenvalue weighted by molar-refractivity contribution is 6.35. The van der Waals surface area contributed by atoms with E-state index in [2.05, 4.69) is 23.7 Å². The van der Waals surface area contributed by atoms with E-state index in [1.165, 1.54) is 9.80 Å². The molecule has 2 aromatic carbocycles. The Morgan fingerprint density at radius 1 is 0.941 bits per heavy atom. The number of aromatic amines is 1. The molecule has 13 heteroatoms. The fraction of sp³-hybridized carbons (Fsp3) is 0.526. The number of rotatable bonds is 20. The van der Waals surface area contributed by atoms with Crippen molar-refractivity contribution in [2.75, 3.05) is 66.1 Å².